The summed E-state index contributed by atoms with van der Waals surface area (Å²) < 4.78 is 6.26. The predicted molar refractivity (Wildman–Crippen MR) is 163 cm³/mol. The molecular weight excluding hydrogens is 526 g/mol. The number of fused-ring (bicyclic) bond motifs is 2. The Bertz CT molecular complexity index is 1530. The van der Waals surface area contributed by atoms with E-state index in [9.17, 15) is 10.1 Å². The minimum Gasteiger partial charge on any atom is -0.462 e. The molecule has 2 saturated heterocycles. The molecule has 6 rings (SSSR count). The van der Waals surface area contributed by atoms with E-state index in [4.69, 9.17) is 14.7 Å². The number of anilines is 1. The Kier molecular flexibility index (Phi) is 8.09. The second-order valence-corrected chi connectivity index (χ2v) is 11.8. The summed E-state index contributed by atoms with van der Waals surface area (Å²) in [6.45, 7) is 11.4. The number of aryl methyl sites for hydroxylation is 1. The van der Waals surface area contributed by atoms with E-state index in [1.54, 1.807) is 4.90 Å². The number of carbonyl (C=O) groups is 1. The summed E-state index contributed by atoms with van der Waals surface area (Å²) in [6, 6.07) is 15.8. The van der Waals surface area contributed by atoms with E-state index in [-0.39, 0.29) is 18.4 Å². The Morgan fingerprint density at radius 3 is 2.74 bits per heavy atom. The Labute approximate surface area is 248 Å². The molecule has 9 heteroatoms. The number of hydrogen-bond acceptors (Lipinski definition) is 8. The zero-order valence-corrected chi connectivity index (χ0v) is 24.6. The molecule has 1 aromatic heterocycles. The van der Waals surface area contributed by atoms with Gasteiger partial charge in [-0.2, -0.15) is 15.2 Å². The monoisotopic (exact) mass is 565 g/mol. The second-order valence-electron chi connectivity index (χ2n) is 11.8. The number of likely N-dealkylation sites (tertiary alicyclic amines) is 1. The molecule has 3 aliphatic heterocycles. The fourth-order valence-electron chi connectivity index (χ4n) is 6.80. The number of hydrogen-bond donors (Lipinski definition) is 0. The van der Waals surface area contributed by atoms with Crippen molar-refractivity contribution < 1.29 is 9.53 Å². The van der Waals surface area contributed by atoms with Gasteiger partial charge in [-0.3, -0.25) is 9.69 Å². The number of amides is 1. The fourth-order valence-corrected chi connectivity index (χ4v) is 6.80. The first-order valence-corrected chi connectivity index (χ1v) is 14.9. The number of piperazine rings is 1. The van der Waals surface area contributed by atoms with Crippen LogP contribution in [-0.4, -0.2) is 82.5 Å². The lowest BCUT2D eigenvalue weighted by atomic mass is 10.00. The van der Waals surface area contributed by atoms with E-state index < -0.39 is 0 Å². The lowest BCUT2D eigenvalue weighted by Crippen LogP contribution is -2.55. The first-order valence-electron chi connectivity index (χ1n) is 14.9. The number of aromatic nitrogens is 2. The van der Waals surface area contributed by atoms with Gasteiger partial charge in [-0.05, 0) is 61.3 Å². The fraction of sp³-hybridized carbons (Fsp3) is 0.455. The summed E-state index contributed by atoms with van der Waals surface area (Å²) in [4.78, 5) is 31.2. The molecule has 2 fully saturated rings. The summed E-state index contributed by atoms with van der Waals surface area (Å²) >= 11 is 0. The molecule has 0 aliphatic carbocycles. The van der Waals surface area contributed by atoms with Crippen LogP contribution in [0.4, 0.5) is 5.82 Å². The van der Waals surface area contributed by atoms with Crippen molar-refractivity contribution in [1.82, 2.24) is 24.7 Å². The molecule has 0 saturated carbocycles. The molecule has 3 aromatic rings. The largest absolute Gasteiger partial charge is 0.462 e. The minimum absolute atomic E-state index is 0.135. The maximum absolute atomic E-state index is 12.5. The topological polar surface area (TPSA) is 88.8 Å². The van der Waals surface area contributed by atoms with Crippen LogP contribution < -0.4 is 9.64 Å². The normalized spacial score (nSPS) is 21.0. The molecule has 1 amide bonds. The SMILES string of the molecule is C=CC(=O)N1CCN(c2nc(OC[C@@H]3CCCN3C)nc3c2CN(Cc2cccc4cccc(C)c24)C3)C[C@@H]1CC#N. The van der Waals surface area contributed by atoms with Gasteiger partial charge in [0.15, 0.2) is 0 Å². The van der Waals surface area contributed by atoms with Crippen LogP contribution in [0.25, 0.3) is 10.8 Å². The highest BCUT2D eigenvalue weighted by Gasteiger charge is 2.34. The van der Waals surface area contributed by atoms with Gasteiger partial charge in [0.25, 0.3) is 0 Å². The van der Waals surface area contributed by atoms with E-state index in [0.29, 0.717) is 44.8 Å². The van der Waals surface area contributed by atoms with Crippen molar-refractivity contribution in [2.45, 2.75) is 57.9 Å². The highest BCUT2D eigenvalue weighted by Crippen LogP contribution is 2.34. The van der Waals surface area contributed by atoms with Gasteiger partial charge in [-0.15, -0.1) is 0 Å². The van der Waals surface area contributed by atoms with Crippen LogP contribution in [0.3, 0.4) is 0 Å². The van der Waals surface area contributed by atoms with Gasteiger partial charge in [0.05, 0.1) is 24.2 Å². The summed E-state index contributed by atoms with van der Waals surface area (Å²) in [5, 5.41) is 12.1. The molecule has 9 nitrogen and oxygen atoms in total. The maximum atomic E-state index is 12.5. The van der Waals surface area contributed by atoms with Crippen LogP contribution in [-0.2, 0) is 24.4 Å². The highest BCUT2D eigenvalue weighted by atomic mass is 16.5. The summed E-state index contributed by atoms with van der Waals surface area (Å²) in [6.07, 6.45) is 3.88. The molecule has 0 N–H and O–H groups in total. The third-order valence-electron chi connectivity index (χ3n) is 9.04. The molecule has 0 spiro atoms. The number of likely N-dealkylation sites (N-methyl/N-ethyl adjacent to an activating group) is 1. The van der Waals surface area contributed by atoms with Crippen molar-refractivity contribution in [3.8, 4) is 12.1 Å². The van der Waals surface area contributed by atoms with Crippen molar-refractivity contribution in [3.63, 3.8) is 0 Å². The maximum Gasteiger partial charge on any atom is 0.318 e. The zero-order valence-electron chi connectivity index (χ0n) is 24.6. The lowest BCUT2D eigenvalue weighted by Gasteiger charge is -2.41. The van der Waals surface area contributed by atoms with Crippen molar-refractivity contribution in [2.75, 3.05) is 44.7 Å². The Balaban J connectivity index is 1.29. The van der Waals surface area contributed by atoms with Gasteiger partial charge in [-0.25, -0.2) is 0 Å². The second kappa shape index (κ2) is 12.1. The third kappa shape index (κ3) is 5.57. The van der Waals surface area contributed by atoms with Crippen LogP contribution in [0.1, 0.15) is 41.6 Å². The summed E-state index contributed by atoms with van der Waals surface area (Å²) in [7, 11) is 2.14. The number of benzene rings is 2. The average Bonchev–Trinajstić information content (AvgIpc) is 3.60. The Morgan fingerprint density at radius 1 is 1.14 bits per heavy atom. The smallest absolute Gasteiger partial charge is 0.318 e. The summed E-state index contributed by atoms with van der Waals surface area (Å²) in [5.74, 6) is 0.726. The average molecular weight is 566 g/mol. The minimum atomic E-state index is -0.229. The third-order valence-corrected chi connectivity index (χ3v) is 9.04. The number of carbonyl (C=O) groups excluding carboxylic acids is 1. The standard InChI is InChI=1S/C33H39N7O2/c1-4-30(41)40-17-16-39(19-26(40)13-14-34)32-28-20-38(18-25-11-6-10-24-9-5-8-23(2)31(24)25)21-29(28)35-33(36-32)42-22-27-12-7-15-37(27)3/h4-6,8-11,26-27H,1,7,12-13,15-22H2,2-3H3/t26-,27-/m0/s1. The van der Waals surface area contributed by atoms with E-state index in [2.05, 4.69) is 77.7 Å². The Hall–Kier alpha value is -4.00. The van der Waals surface area contributed by atoms with Crippen LogP contribution in [0, 0.1) is 18.3 Å². The molecular formula is C33H39N7O2. The van der Waals surface area contributed by atoms with Crippen LogP contribution >= 0.6 is 0 Å². The summed E-state index contributed by atoms with van der Waals surface area (Å²) in [5.41, 5.74) is 4.69. The van der Waals surface area contributed by atoms with Crippen LogP contribution in [0.2, 0.25) is 0 Å². The first-order chi connectivity index (χ1) is 20.4. The van der Waals surface area contributed by atoms with Crippen molar-refractivity contribution in [3.05, 3.63) is 71.4 Å². The van der Waals surface area contributed by atoms with Crippen molar-refractivity contribution in [1.29, 1.82) is 5.26 Å². The van der Waals surface area contributed by atoms with Crippen molar-refractivity contribution in [2.24, 2.45) is 0 Å². The highest BCUT2D eigenvalue weighted by molar-refractivity contribution is 5.89. The van der Waals surface area contributed by atoms with E-state index in [1.807, 2.05) is 0 Å². The zero-order chi connectivity index (χ0) is 29.2. The van der Waals surface area contributed by atoms with Crippen molar-refractivity contribution >= 4 is 22.5 Å². The molecule has 0 radical (unpaired) electrons. The molecule has 0 bridgehead atoms. The van der Waals surface area contributed by atoms with Crippen LogP contribution in [0.15, 0.2) is 49.1 Å². The van der Waals surface area contributed by atoms with E-state index in [1.165, 1.54) is 34.4 Å². The van der Waals surface area contributed by atoms with Crippen LogP contribution in [0.5, 0.6) is 6.01 Å². The van der Waals surface area contributed by atoms with Gasteiger partial charge < -0.3 is 19.4 Å². The number of ether oxygens (including phenoxy) is 1. The number of nitrogens with zero attached hydrogens (tertiary/aromatic N) is 7. The van der Waals surface area contributed by atoms with E-state index in [0.717, 1.165) is 43.1 Å². The lowest BCUT2D eigenvalue weighted by molar-refractivity contribution is -0.128. The van der Waals surface area contributed by atoms with E-state index >= 15 is 0 Å². The molecule has 2 aromatic carbocycles. The molecule has 218 valence electrons. The molecule has 2 atom stereocenters. The molecule has 0 unspecified atom stereocenters. The Morgan fingerprint density at radius 2 is 1.98 bits per heavy atom. The van der Waals surface area contributed by atoms with Gasteiger partial charge in [0, 0.05) is 50.9 Å². The van der Waals surface area contributed by atoms with Gasteiger partial charge >= 0.3 is 6.01 Å². The predicted octanol–water partition coefficient (Wildman–Crippen LogP) is 4.04. The van der Waals surface area contributed by atoms with Gasteiger partial charge in [0.1, 0.15) is 12.4 Å². The number of rotatable bonds is 8. The van der Waals surface area contributed by atoms with Gasteiger partial charge in [-0.1, -0.05) is 43.0 Å². The number of nitriles is 1. The van der Waals surface area contributed by atoms with Gasteiger partial charge in [0.2, 0.25) is 5.91 Å². The first kappa shape index (κ1) is 28.1. The molecule has 3 aliphatic rings. The quantitative estimate of drug-likeness (QED) is 0.378. The molecule has 42 heavy (non-hydrogen) atoms. The molecule has 4 heterocycles.